The van der Waals surface area contributed by atoms with E-state index in [4.69, 9.17) is 5.73 Å². The molecule has 1 aromatic rings. The van der Waals surface area contributed by atoms with Gasteiger partial charge >= 0.3 is 0 Å². The number of piperidine rings is 1. The summed E-state index contributed by atoms with van der Waals surface area (Å²) in [5.74, 6) is 0.0334. The summed E-state index contributed by atoms with van der Waals surface area (Å²) in [5.41, 5.74) is 7.58. The van der Waals surface area contributed by atoms with Crippen molar-refractivity contribution in [2.45, 2.75) is 39.2 Å². The quantitative estimate of drug-likeness (QED) is 0.844. The molecule has 0 radical (unpaired) electrons. The molecule has 0 aliphatic carbocycles. The minimum atomic E-state index is -0.447. The smallest absolute Gasteiger partial charge is 0.239 e. The first kappa shape index (κ1) is 16.8. The van der Waals surface area contributed by atoms with Crippen LogP contribution in [0, 0.1) is 11.8 Å². The molecule has 1 aromatic heterocycles. The Bertz CT molecular complexity index is 499. The summed E-state index contributed by atoms with van der Waals surface area (Å²) < 4.78 is 0. The number of nitrogens with zero attached hydrogens (tertiary/aromatic N) is 3. The van der Waals surface area contributed by atoms with Crippen LogP contribution in [0.15, 0.2) is 5.51 Å². The third-order valence-corrected chi connectivity index (χ3v) is 4.92. The second-order valence-electron chi connectivity index (χ2n) is 5.74. The van der Waals surface area contributed by atoms with E-state index >= 15 is 0 Å². The number of carbonyl (C=O) groups is 2. The van der Waals surface area contributed by atoms with Gasteiger partial charge in [0.25, 0.3) is 0 Å². The minimum Gasteiger partial charge on any atom is -0.341 e. The van der Waals surface area contributed by atoms with Crippen LogP contribution in [-0.2, 0) is 9.59 Å². The molecule has 22 heavy (non-hydrogen) atoms. The minimum absolute atomic E-state index is 0.00247. The first-order valence-corrected chi connectivity index (χ1v) is 8.52. The highest BCUT2D eigenvalue weighted by Crippen LogP contribution is 2.21. The number of carbonyl (C=O) groups excluding carboxylic acids is 2. The van der Waals surface area contributed by atoms with Gasteiger partial charge in [0.1, 0.15) is 5.51 Å². The topological polar surface area (TPSA) is 101 Å². The summed E-state index contributed by atoms with van der Waals surface area (Å²) in [7, 11) is 0. The maximum Gasteiger partial charge on any atom is 0.239 e. The van der Waals surface area contributed by atoms with Crippen molar-refractivity contribution in [3.05, 3.63) is 5.51 Å². The van der Waals surface area contributed by atoms with E-state index in [0.29, 0.717) is 31.1 Å². The molecule has 2 atom stereocenters. The summed E-state index contributed by atoms with van der Waals surface area (Å²) in [6, 6.07) is -0.447. The average Bonchev–Trinajstić information content (AvgIpc) is 3.05. The molecule has 3 N–H and O–H groups in total. The van der Waals surface area contributed by atoms with Gasteiger partial charge in [-0.3, -0.25) is 9.59 Å². The highest BCUT2D eigenvalue weighted by molar-refractivity contribution is 7.13. The molecule has 2 unspecified atom stereocenters. The van der Waals surface area contributed by atoms with Crippen LogP contribution < -0.4 is 11.1 Å². The molecule has 1 saturated heterocycles. The molecule has 2 heterocycles. The summed E-state index contributed by atoms with van der Waals surface area (Å²) in [5, 5.41) is 10.8. The van der Waals surface area contributed by atoms with Gasteiger partial charge in [-0.1, -0.05) is 31.6 Å². The largest absolute Gasteiger partial charge is 0.341 e. The average molecular weight is 325 g/mol. The lowest BCUT2D eigenvalue weighted by molar-refractivity contribution is -0.136. The summed E-state index contributed by atoms with van der Waals surface area (Å²) in [6.45, 7) is 5.18. The Kier molecular flexibility index (Phi) is 5.84. The van der Waals surface area contributed by atoms with E-state index in [1.54, 1.807) is 10.4 Å². The molecule has 1 fully saturated rings. The monoisotopic (exact) mass is 325 g/mol. The van der Waals surface area contributed by atoms with Crippen LogP contribution in [0.4, 0.5) is 5.13 Å². The zero-order valence-corrected chi connectivity index (χ0v) is 13.8. The second-order valence-corrected chi connectivity index (χ2v) is 6.58. The van der Waals surface area contributed by atoms with Gasteiger partial charge in [0.2, 0.25) is 16.9 Å². The van der Waals surface area contributed by atoms with Crippen LogP contribution in [0.2, 0.25) is 0 Å². The number of anilines is 1. The molecule has 0 bridgehead atoms. The van der Waals surface area contributed by atoms with E-state index in [9.17, 15) is 9.59 Å². The van der Waals surface area contributed by atoms with Crippen molar-refractivity contribution in [3.8, 4) is 0 Å². The molecule has 0 aromatic carbocycles. The number of nitrogens with two attached hydrogens (primary N) is 1. The van der Waals surface area contributed by atoms with E-state index < -0.39 is 6.04 Å². The van der Waals surface area contributed by atoms with Crippen LogP contribution in [0.3, 0.4) is 0 Å². The number of hydrogen-bond acceptors (Lipinski definition) is 6. The van der Waals surface area contributed by atoms with E-state index in [1.165, 1.54) is 11.3 Å². The van der Waals surface area contributed by atoms with Crippen LogP contribution in [-0.4, -0.2) is 46.0 Å². The maximum atomic E-state index is 12.3. The van der Waals surface area contributed by atoms with Gasteiger partial charge in [0.05, 0.1) is 6.04 Å². The van der Waals surface area contributed by atoms with Crippen LogP contribution in [0.5, 0.6) is 0 Å². The van der Waals surface area contributed by atoms with Crippen LogP contribution in [0.25, 0.3) is 0 Å². The first-order chi connectivity index (χ1) is 10.5. The Morgan fingerprint density at radius 3 is 2.73 bits per heavy atom. The molecule has 1 aliphatic rings. The molecule has 2 rings (SSSR count). The van der Waals surface area contributed by atoms with Gasteiger partial charge < -0.3 is 16.0 Å². The van der Waals surface area contributed by atoms with Crippen molar-refractivity contribution in [2.24, 2.45) is 17.6 Å². The Hall–Kier alpha value is -1.54. The SMILES string of the molecule is CCC(C)C(N)C(=O)N1CCC(C(=O)Nc2nncs2)CC1. The molecule has 0 spiro atoms. The number of rotatable bonds is 5. The highest BCUT2D eigenvalue weighted by Gasteiger charge is 2.31. The predicted molar refractivity (Wildman–Crippen MR) is 85.3 cm³/mol. The number of aromatic nitrogens is 2. The van der Waals surface area contributed by atoms with Crippen molar-refractivity contribution in [2.75, 3.05) is 18.4 Å². The van der Waals surface area contributed by atoms with Crippen molar-refractivity contribution in [1.82, 2.24) is 15.1 Å². The molecule has 1 aliphatic heterocycles. The van der Waals surface area contributed by atoms with Gasteiger partial charge in [-0.2, -0.15) is 0 Å². The number of hydrogen-bond donors (Lipinski definition) is 2. The third kappa shape index (κ3) is 4.01. The Labute approximate surface area is 134 Å². The normalized spacial score (nSPS) is 18.8. The van der Waals surface area contributed by atoms with Crippen molar-refractivity contribution < 1.29 is 9.59 Å². The Balaban J connectivity index is 1.82. The lowest BCUT2D eigenvalue weighted by Gasteiger charge is -2.33. The predicted octanol–water partition coefficient (Wildman–Crippen LogP) is 1.09. The summed E-state index contributed by atoms with van der Waals surface area (Å²) >= 11 is 1.30. The van der Waals surface area contributed by atoms with Crippen molar-refractivity contribution in [3.63, 3.8) is 0 Å². The molecule has 0 saturated carbocycles. The van der Waals surface area contributed by atoms with Crippen LogP contribution >= 0.6 is 11.3 Å². The first-order valence-electron chi connectivity index (χ1n) is 7.64. The number of nitrogens with one attached hydrogen (secondary N) is 1. The van der Waals surface area contributed by atoms with E-state index in [-0.39, 0.29) is 23.7 Å². The summed E-state index contributed by atoms with van der Waals surface area (Å²) in [4.78, 5) is 26.2. The molecule has 7 nitrogen and oxygen atoms in total. The maximum absolute atomic E-state index is 12.3. The lowest BCUT2D eigenvalue weighted by atomic mass is 9.93. The fourth-order valence-electron chi connectivity index (χ4n) is 2.51. The van der Waals surface area contributed by atoms with E-state index in [1.807, 2.05) is 13.8 Å². The van der Waals surface area contributed by atoms with Gasteiger partial charge in [0.15, 0.2) is 0 Å². The molecular weight excluding hydrogens is 302 g/mol. The number of likely N-dealkylation sites (tertiary alicyclic amines) is 1. The fourth-order valence-corrected chi connectivity index (χ4v) is 2.95. The molecule has 122 valence electrons. The molecular formula is C14H23N5O2S. The van der Waals surface area contributed by atoms with Crippen molar-refractivity contribution >= 4 is 28.3 Å². The molecule has 2 amide bonds. The lowest BCUT2D eigenvalue weighted by Crippen LogP contribution is -2.50. The standard InChI is InChI=1S/C14H23N5O2S/c1-3-9(2)11(15)13(21)19-6-4-10(5-7-19)12(20)17-14-18-16-8-22-14/h8-11H,3-7,15H2,1-2H3,(H,17,18,20). The van der Waals surface area contributed by atoms with Gasteiger partial charge in [-0.25, -0.2) is 0 Å². The van der Waals surface area contributed by atoms with Crippen molar-refractivity contribution in [1.29, 1.82) is 0 Å². The Morgan fingerprint density at radius 2 is 2.18 bits per heavy atom. The van der Waals surface area contributed by atoms with E-state index in [0.717, 1.165) is 6.42 Å². The van der Waals surface area contributed by atoms with Gasteiger partial charge in [-0.15, -0.1) is 10.2 Å². The van der Waals surface area contributed by atoms with Gasteiger partial charge in [-0.05, 0) is 18.8 Å². The van der Waals surface area contributed by atoms with Gasteiger partial charge in [0, 0.05) is 19.0 Å². The summed E-state index contributed by atoms with van der Waals surface area (Å²) in [6.07, 6.45) is 2.20. The molecule has 8 heteroatoms. The number of amides is 2. The van der Waals surface area contributed by atoms with Crippen LogP contribution in [0.1, 0.15) is 33.1 Å². The zero-order chi connectivity index (χ0) is 16.1. The Morgan fingerprint density at radius 1 is 1.50 bits per heavy atom. The van der Waals surface area contributed by atoms with E-state index in [2.05, 4.69) is 15.5 Å². The zero-order valence-electron chi connectivity index (χ0n) is 13.0. The second kappa shape index (κ2) is 7.64. The fraction of sp³-hybridized carbons (Fsp3) is 0.714. The highest BCUT2D eigenvalue weighted by atomic mass is 32.1. The third-order valence-electron chi connectivity index (χ3n) is 4.31.